The Hall–Kier alpha value is -1.03. The highest BCUT2D eigenvalue weighted by atomic mass is 32.1. The van der Waals surface area contributed by atoms with Gasteiger partial charge in [-0.2, -0.15) is 0 Å². The first-order chi connectivity index (χ1) is 8.11. The Labute approximate surface area is 107 Å². The number of likely N-dealkylation sites (tertiary alicyclic amines) is 1. The lowest BCUT2D eigenvalue weighted by Crippen LogP contribution is -2.32. The van der Waals surface area contributed by atoms with Gasteiger partial charge in [0.05, 0.1) is 10.6 Å². The third kappa shape index (κ3) is 2.46. The second kappa shape index (κ2) is 5.08. The summed E-state index contributed by atoms with van der Waals surface area (Å²) in [4.78, 5) is 15.6. The lowest BCUT2D eigenvalue weighted by Gasteiger charge is -2.20. The first-order valence-electron chi connectivity index (χ1n) is 6.26. The van der Waals surface area contributed by atoms with Crippen LogP contribution in [0.4, 0.5) is 5.00 Å². The zero-order chi connectivity index (χ0) is 12.4. The van der Waals surface area contributed by atoms with Gasteiger partial charge in [0.25, 0.3) is 5.91 Å². The van der Waals surface area contributed by atoms with Gasteiger partial charge in [0.1, 0.15) is 0 Å². The van der Waals surface area contributed by atoms with Crippen LogP contribution in [0.2, 0.25) is 0 Å². The summed E-state index contributed by atoms with van der Waals surface area (Å²) in [5.74, 6) is 0.131. The van der Waals surface area contributed by atoms with Gasteiger partial charge in [-0.15, -0.1) is 11.3 Å². The molecule has 0 radical (unpaired) electrons. The van der Waals surface area contributed by atoms with Crippen molar-refractivity contribution in [1.82, 2.24) is 4.90 Å². The highest BCUT2D eigenvalue weighted by Gasteiger charge is 2.23. The number of anilines is 1. The Morgan fingerprint density at radius 3 is 2.24 bits per heavy atom. The Morgan fingerprint density at radius 2 is 1.76 bits per heavy atom. The van der Waals surface area contributed by atoms with Gasteiger partial charge in [-0.1, -0.05) is 12.8 Å². The molecule has 2 rings (SSSR count). The van der Waals surface area contributed by atoms with Crippen LogP contribution in [0, 0.1) is 13.8 Å². The lowest BCUT2D eigenvalue weighted by molar-refractivity contribution is 0.0762. The third-order valence-electron chi connectivity index (χ3n) is 3.52. The molecule has 1 fully saturated rings. The minimum Gasteiger partial charge on any atom is -0.390 e. The minimum absolute atomic E-state index is 0.131. The van der Waals surface area contributed by atoms with E-state index in [1.54, 1.807) is 0 Å². The Kier molecular flexibility index (Phi) is 3.72. The fourth-order valence-electron chi connectivity index (χ4n) is 2.35. The van der Waals surface area contributed by atoms with Crippen LogP contribution in [0.15, 0.2) is 0 Å². The van der Waals surface area contributed by atoms with E-state index in [4.69, 9.17) is 5.73 Å². The molecule has 1 aromatic heterocycles. The quantitative estimate of drug-likeness (QED) is 0.835. The predicted molar refractivity (Wildman–Crippen MR) is 72.6 cm³/mol. The van der Waals surface area contributed by atoms with Crippen molar-refractivity contribution in [3.8, 4) is 0 Å². The average Bonchev–Trinajstić information content (AvgIpc) is 2.52. The van der Waals surface area contributed by atoms with Gasteiger partial charge < -0.3 is 10.6 Å². The minimum atomic E-state index is 0.131. The number of nitrogens with two attached hydrogens (primary N) is 1. The second-order valence-corrected chi connectivity index (χ2v) is 5.99. The normalized spacial score (nSPS) is 16.9. The van der Waals surface area contributed by atoms with E-state index in [0.717, 1.165) is 41.9 Å². The molecule has 2 N–H and O–H groups in total. The molecule has 0 aromatic carbocycles. The molecule has 0 bridgehead atoms. The second-order valence-electron chi connectivity index (χ2n) is 4.73. The van der Waals surface area contributed by atoms with E-state index in [-0.39, 0.29) is 5.91 Å². The maximum absolute atomic E-state index is 12.5. The number of carbonyl (C=O) groups is 1. The molecule has 1 aliphatic heterocycles. The van der Waals surface area contributed by atoms with Gasteiger partial charge in [-0.3, -0.25) is 4.79 Å². The van der Waals surface area contributed by atoms with E-state index >= 15 is 0 Å². The molecule has 0 spiro atoms. The van der Waals surface area contributed by atoms with E-state index in [1.807, 2.05) is 18.7 Å². The van der Waals surface area contributed by atoms with Gasteiger partial charge in [-0.05, 0) is 32.3 Å². The van der Waals surface area contributed by atoms with Crippen LogP contribution in [-0.2, 0) is 0 Å². The SMILES string of the molecule is Cc1sc(N)c(C(=O)N2CCCCCC2)c1C. The molecule has 1 aromatic rings. The van der Waals surface area contributed by atoms with E-state index in [1.165, 1.54) is 24.2 Å². The van der Waals surface area contributed by atoms with Crippen LogP contribution in [0.5, 0.6) is 0 Å². The molecule has 4 heteroatoms. The average molecular weight is 252 g/mol. The van der Waals surface area contributed by atoms with Crippen molar-refractivity contribution >= 4 is 22.2 Å². The maximum Gasteiger partial charge on any atom is 0.257 e. The summed E-state index contributed by atoms with van der Waals surface area (Å²) in [6.45, 7) is 5.78. The molecule has 3 nitrogen and oxygen atoms in total. The number of carbonyl (C=O) groups excluding carboxylic acids is 1. The molecule has 0 atom stereocenters. The van der Waals surface area contributed by atoms with E-state index < -0.39 is 0 Å². The summed E-state index contributed by atoms with van der Waals surface area (Å²) in [5, 5.41) is 0.675. The van der Waals surface area contributed by atoms with Crippen molar-refractivity contribution in [2.75, 3.05) is 18.8 Å². The number of thiophene rings is 1. The monoisotopic (exact) mass is 252 g/mol. The number of hydrogen-bond donors (Lipinski definition) is 1. The van der Waals surface area contributed by atoms with Gasteiger partial charge in [0.15, 0.2) is 0 Å². The molecular weight excluding hydrogens is 232 g/mol. The summed E-state index contributed by atoms with van der Waals surface area (Å²) >= 11 is 1.52. The topological polar surface area (TPSA) is 46.3 Å². The van der Waals surface area contributed by atoms with Gasteiger partial charge >= 0.3 is 0 Å². The van der Waals surface area contributed by atoms with Crippen molar-refractivity contribution in [2.45, 2.75) is 39.5 Å². The number of hydrogen-bond acceptors (Lipinski definition) is 3. The van der Waals surface area contributed by atoms with Crippen LogP contribution >= 0.6 is 11.3 Å². The smallest absolute Gasteiger partial charge is 0.257 e. The van der Waals surface area contributed by atoms with Crippen molar-refractivity contribution in [1.29, 1.82) is 0 Å². The number of rotatable bonds is 1. The van der Waals surface area contributed by atoms with E-state index in [9.17, 15) is 4.79 Å². The number of nitrogens with zero attached hydrogens (tertiary/aromatic N) is 1. The molecular formula is C13H20N2OS. The zero-order valence-corrected chi connectivity index (χ0v) is 11.4. The highest BCUT2D eigenvalue weighted by Crippen LogP contribution is 2.31. The molecule has 2 heterocycles. The van der Waals surface area contributed by atoms with Crippen LogP contribution in [0.3, 0.4) is 0 Å². The first-order valence-corrected chi connectivity index (χ1v) is 7.07. The molecule has 0 aliphatic carbocycles. The predicted octanol–water partition coefficient (Wildman–Crippen LogP) is 2.96. The molecule has 0 unspecified atom stereocenters. The summed E-state index contributed by atoms with van der Waals surface area (Å²) in [6, 6.07) is 0. The van der Waals surface area contributed by atoms with Crippen LogP contribution in [0.25, 0.3) is 0 Å². The summed E-state index contributed by atoms with van der Waals surface area (Å²) in [6.07, 6.45) is 4.71. The fourth-order valence-corrected chi connectivity index (χ4v) is 3.28. The van der Waals surface area contributed by atoms with Gasteiger partial charge in [0.2, 0.25) is 0 Å². The summed E-state index contributed by atoms with van der Waals surface area (Å²) in [5.41, 5.74) is 7.76. The molecule has 94 valence electrons. The van der Waals surface area contributed by atoms with Crippen LogP contribution in [-0.4, -0.2) is 23.9 Å². The zero-order valence-electron chi connectivity index (χ0n) is 10.6. The summed E-state index contributed by atoms with van der Waals surface area (Å²) < 4.78 is 0. The van der Waals surface area contributed by atoms with Crippen molar-refractivity contribution < 1.29 is 4.79 Å². The molecule has 0 saturated carbocycles. The maximum atomic E-state index is 12.5. The van der Waals surface area contributed by atoms with E-state index in [0.29, 0.717) is 5.00 Å². The highest BCUT2D eigenvalue weighted by molar-refractivity contribution is 7.16. The Balaban J connectivity index is 2.23. The molecule has 1 saturated heterocycles. The first kappa shape index (κ1) is 12.4. The number of nitrogen functional groups attached to an aromatic ring is 1. The molecule has 1 aliphatic rings. The fraction of sp³-hybridized carbons (Fsp3) is 0.615. The standard InChI is InChI=1S/C13H20N2OS/c1-9-10(2)17-12(14)11(9)13(16)15-7-5-3-4-6-8-15/h3-8,14H2,1-2H3. The molecule has 17 heavy (non-hydrogen) atoms. The van der Waals surface area contributed by atoms with Gasteiger partial charge in [0, 0.05) is 18.0 Å². The van der Waals surface area contributed by atoms with Crippen LogP contribution < -0.4 is 5.73 Å². The van der Waals surface area contributed by atoms with Crippen LogP contribution in [0.1, 0.15) is 46.5 Å². The van der Waals surface area contributed by atoms with Gasteiger partial charge in [-0.25, -0.2) is 0 Å². The largest absolute Gasteiger partial charge is 0.390 e. The number of aryl methyl sites for hydroxylation is 1. The Morgan fingerprint density at radius 1 is 1.18 bits per heavy atom. The van der Waals surface area contributed by atoms with E-state index in [2.05, 4.69) is 0 Å². The Bertz CT molecular complexity index is 417. The molecule has 1 amide bonds. The van der Waals surface area contributed by atoms with Crippen molar-refractivity contribution in [3.63, 3.8) is 0 Å². The lowest BCUT2D eigenvalue weighted by atomic mass is 10.1. The van der Waals surface area contributed by atoms with Crippen molar-refractivity contribution in [2.24, 2.45) is 0 Å². The van der Waals surface area contributed by atoms with Crippen molar-refractivity contribution in [3.05, 3.63) is 16.0 Å². The number of amides is 1. The third-order valence-corrected chi connectivity index (χ3v) is 4.56. The summed E-state index contributed by atoms with van der Waals surface area (Å²) in [7, 11) is 0.